The van der Waals surface area contributed by atoms with E-state index >= 15 is 0 Å². The Kier molecular flexibility index (Phi) is 4.35. The molecule has 0 aliphatic carbocycles. The smallest absolute Gasteiger partial charge is 0.342 e. The summed E-state index contributed by atoms with van der Waals surface area (Å²) in [5, 5.41) is 6.86. The van der Waals surface area contributed by atoms with Crippen LogP contribution in [0.4, 0.5) is 5.69 Å². The monoisotopic (exact) mass is 345 g/mol. The van der Waals surface area contributed by atoms with E-state index in [-0.39, 0.29) is 6.79 Å². The van der Waals surface area contributed by atoms with Crippen LogP contribution in [0.5, 0.6) is 11.5 Å². The SMILES string of the molecule is Cc1nn(C)c(C)c1C(=O)O[C@@H](C)C(=O)Nc1ccc2c(c1)OCO2. The molecule has 1 aromatic heterocycles. The first-order valence-corrected chi connectivity index (χ1v) is 7.78. The van der Waals surface area contributed by atoms with E-state index in [1.807, 2.05) is 0 Å². The zero-order valence-corrected chi connectivity index (χ0v) is 14.5. The zero-order valence-electron chi connectivity index (χ0n) is 14.5. The molecule has 1 amide bonds. The molecule has 1 aromatic carbocycles. The highest BCUT2D eigenvalue weighted by Crippen LogP contribution is 2.34. The molecule has 8 heteroatoms. The fourth-order valence-electron chi connectivity index (χ4n) is 2.56. The van der Waals surface area contributed by atoms with E-state index in [1.165, 1.54) is 6.92 Å². The lowest BCUT2D eigenvalue weighted by molar-refractivity contribution is -0.123. The van der Waals surface area contributed by atoms with Crippen molar-refractivity contribution in [1.82, 2.24) is 9.78 Å². The molecule has 0 bridgehead atoms. The van der Waals surface area contributed by atoms with Gasteiger partial charge < -0.3 is 19.5 Å². The molecule has 1 N–H and O–H groups in total. The van der Waals surface area contributed by atoms with Gasteiger partial charge in [0.1, 0.15) is 5.56 Å². The number of aryl methyl sites for hydroxylation is 2. The van der Waals surface area contributed by atoms with Crippen LogP contribution in [0.25, 0.3) is 0 Å². The lowest BCUT2D eigenvalue weighted by atomic mass is 10.2. The van der Waals surface area contributed by atoms with Crippen LogP contribution >= 0.6 is 0 Å². The number of nitrogens with zero attached hydrogens (tertiary/aromatic N) is 2. The first-order valence-electron chi connectivity index (χ1n) is 7.78. The third kappa shape index (κ3) is 3.28. The Morgan fingerprint density at radius 1 is 1.28 bits per heavy atom. The van der Waals surface area contributed by atoms with E-state index in [0.29, 0.717) is 34.1 Å². The molecule has 132 valence electrons. The number of carbonyl (C=O) groups excluding carboxylic acids is 2. The van der Waals surface area contributed by atoms with Crippen molar-refractivity contribution in [1.29, 1.82) is 0 Å². The standard InChI is InChI=1S/C17H19N3O5/c1-9-15(10(2)20(4)19-9)17(22)25-11(3)16(21)18-12-5-6-13-14(7-12)24-8-23-13/h5-7,11H,8H2,1-4H3,(H,18,21)/t11-/m0/s1. The molecule has 0 fully saturated rings. The summed E-state index contributed by atoms with van der Waals surface area (Å²) in [4.78, 5) is 24.6. The predicted octanol–water partition coefficient (Wildman–Crippen LogP) is 1.95. The predicted molar refractivity (Wildman–Crippen MR) is 88.8 cm³/mol. The first-order chi connectivity index (χ1) is 11.9. The Hall–Kier alpha value is -3.03. The molecule has 0 radical (unpaired) electrons. The van der Waals surface area contributed by atoms with Crippen LogP contribution in [-0.2, 0) is 16.6 Å². The highest BCUT2D eigenvalue weighted by Gasteiger charge is 2.24. The van der Waals surface area contributed by atoms with Crippen molar-refractivity contribution in [2.75, 3.05) is 12.1 Å². The minimum Gasteiger partial charge on any atom is -0.454 e. The van der Waals surface area contributed by atoms with Gasteiger partial charge in [-0.1, -0.05) is 0 Å². The van der Waals surface area contributed by atoms with Gasteiger partial charge in [0.2, 0.25) is 6.79 Å². The van der Waals surface area contributed by atoms with E-state index in [2.05, 4.69) is 10.4 Å². The van der Waals surface area contributed by atoms with Gasteiger partial charge in [-0.05, 0) is 32.9 Å². The van der Waals surface area contributed by atoms with Crippen molar-refractivity contribution < 1.29 is 23.8 Å². The number of benzene rings is 1. The minimum absolute atomic E-state index is 0.157. The summed E-state index contributed by atoms with van der Waals surface area (Å²) in [7, 11) is 1.74. The molecule has 2 heterocycles. The largest absolute Gasteiger partial charge is 0.454 e. The van der Waals surface area contributed by atoms with E-state index < -0.39 is 18.0 Å². The van der Waals surface area contributed by atoms with Crippen LogP contribution in [0, 0.1) is 13.8 Å². The Bertz CT molecular complexity index is 843. The number of amides is 1. The Morgan fingerprint density at radius 3 is 2.68 bits per heavy atom. The number of ether oxygens (including phenoxy) is 3. The van der Waals surface area contributed by atoms with Gasteiger partial charge in [0.15, 0.2) is 17.6 Å². The molecule has 0 spiro atoms. The van der Waals surface area contributed by atoms with E-state index in [4.69, 9.17) is 14.2 Å². The van der Waals surface area contributed by atoms with Gasteiger partial charge in [-0.15, -0.1) is 0 Å². The molecule has 0 unspecified atom stereocenters. The molecular weight excluding hydrogens is 326 g/mol. The van der Waals surface area contributed by atoms with Gasteiger partial charge in [-0.25, -0.2) is 4.79 Å². The van der Waals surface area contributed by atoms with Crippen LogP contribution in [0.1, 0.15) is 28.7 Å². The van der Waals surface area contributed by atoms with Gasteiger partial charge in [-0.2, -0.15) is 5.10 Å². The number of hydrogen-bond donors (Lipinski definition) is 1. The van der Waals surface area contributed by atoms with Crippen LogP contribution in [0.3, 0.4) is 0 Å². The maximum absolute atomic E-state index is 12.3. The first kappa shape index (κ1) is 16.8. The van der Waals surface area contributed by atoms with Gasteiger partial charge in [0, 0.05) is 24.5 Å². The van der Waals surface area contributed by atoms with Crippen molar-refractivity contribution >= 4 is 17.6 Å². The summed E-state index contributed by atoms with van der Waals surface area (Å²) in [6, 6.07) is 5.05. The Labute approximate surface area is 144 Å². The molecular formula is C17H19N3O5. The third-order valence-corrected chi connectivity index (χ3v) is 4.01. The average molecular weight is 345 g/mol. The van der Waals surface area contributed by atoms with E-state index in [1.54, 1.807) is 43.8 Å². The van der Waals surface area contributed by atoms with Crippen LogP contribution < -0.4 is 14.8 Å². The van der Waals surface area contributed by atoms with Gasteiger partial charge in [-0.3, -0.25) is 9.48 Å². The maximum atomic E-state index is 12.3. The summed E-state index contributed by atoms with van der Waals surface area (Å²) in [5.41, 5.74) is 2.16. The van der Waals surface area contributed by atoms with E-state index in [0.717, 1.165) is 0 Å². The molecule has 25 heavy (non-hydrogen) atoms. The van der Waals surface area contributed by atoms with Gasteiger partial charge in [0.05, 0.1) is 5.69 Å². The quantitative estimate of drug-likeness (QED) is 0.852. The molecule has 8 nitrogen and oxygen atoms in total. The van der Waals surface area contributed by atoms with Gasteiger partial charge in [0.25, 0.3) is 5.91 Å². The second-order valence-electron chi connectivity index (χ2n) is 5.77. The molecule has 3 rings (SSSR count). The fraction of sp³-hybridized carbons (Fsp3) is 0.353. The summed E-state index contributed by atoms with van der Waals surface area (Å²) in [6.45, 7) is 5.17. The minimum atomic E-state index is -0.961. The molecule has 0 saturated carbocycles. The van der Waals surface area contributed by atoms with Crippen LogP contribution in [0.2, 0.25) is 0 Å². The van der Waals surface area contributed by atoms with Gasteiger partial charge >= 0.3 is 5.97 Å². The molecule has 0 saturated heterocycles. The van der Waals surface area contributed by atoms with Crippen molar-refractivity contribution in [3.63, 3.8) is 0 Å². The summed E-state index contributed by atoms with van der Waals surface area (Å²) < 4.78 is 17.4. The number of nitrogens with one attached hydrogen (secondary N) is 1. The second kappa shape index (κ2) is 6.46. The lowest BCUT2D eigenvalue weighted by Gasteiger charge is -2.14. The third-order valence-electron chi connectivity index (χ3n) is 4.01. The number of hydrogen-bond acceptors (Lipinski definition) is 6. The topological polar surface area (TPSA) is 91.7 Å². The summed E-state index contributed by atoms with van der Waals surface area (Å²) in [6.07, 6.45) is -0.961. The normalized spacial score (nSPS) is 13.4. The average Bonchev–Trinajstić information content (AvgIpc) is 3.11. The molecule has 1 aliphatic heterocycles. The van der Waals surface area contributed by atoms with Crippen molar-refractivity contribution in [2.45, 2.75) is 26.9 Å². The highest BCUT2D eigenvalue weighted by atomic mass is 16.7. The number of esters is 1. The number of fused-ring (bicyclic) bond motifs is 1. The zero-order chi connectivity index (χ0) is 18.1. The second-order valence-corrected chi connectivity index (χ2v) is 5.77. The number of anilines is 1. The molecule has 2 aromatic rings. The maximum Gasteiger partial charge on any atom is 0.342 e. The Balaban J connectivity index is 1.65. The van der Waals surface area contributed by atoms with Crippen molar-refractivity contribution in [3.05, 3.63) is 35.2 Å². The van der Waals surface area contributed by atoms with Crippen LogP contribution in [0.15, 0.2) is 18.2 Å². The van der Waals surface area contributed by atoms with Crippen molar-refractivity contribution in [2.24, 2.45) is 7.05 Å². The fourth-order valence-corrected chi connectivity index (χ4v) is 2.56. The Morgan fingerprint density at radius 2 is 2.00 bits per heavy atom. The summed E-state index contributed by atoms with van der Waals surface area (Å²) >= 11 is 0. The highest BCUT2D eigenvalue weighted by molar-refractivity contribution is 5.98. The van der Waals surface area contributed by atoms with Crippen molar-refractivity contribution in [3.8, 4) is 11.5 Å². The number of carbonyl (C=O) groups is 2. The lowest BCUT2D eigenvalue weighted by Crippen LogP contribution is -2.30. The van der Waals surface area contributed by atoms with Crippen LogP contribution in [-0.4, -0.2) is 34.6 Å². The molecule has 1 atom stereocenters. The molecule has 1 aliphatic rings. The number of aromatic nitrogens is 2. The summed E-state index contributed by atoms with van der Waals surface area (Å²) in [5.74, 6) is 0.173. The van der Waals surface area contributed by atoms with E-state index in [9.17, 15) is 9.59 Å². The number of rotatable bonds is 4.